The second-order valence-corrected chi connectivity index (χ2v) is 7.67. The molecule has 0 aliphatic carbocycles. The first kappa shape index (κ1) is 20.5. The molecule has 0 radical (unpaired) electrons. The van der Waals surface area contributed by atoms with Gasteiger partial charge in [-0.3, -0.25) is 0 Å². The molecule has 3 aromatic rings. The molecule has 0 spiro atoms. The normalized spacial score (nSPS) is 11.0. The molecule has 0 aliphatic heterocycles. The molecule has 1 aromatic heterocycles. The zero-order valence-electron chi connectivity index (χ0n) is 15.2. The third kappa shape index (κ3) is 5.87. The van der Waals surface area contributed by atoms with Crippen LogP contribution >= 0.6 is 23.5 Å². The number of aromatic nitrogens is 2. The van der Waals surface area contributed by atoms with E-state index in [4.69, 9.17) is 13.9 Å². The van der Waals surface area contributed by atoms with E-state index in [9.17, 15) is 8.78 Å². The molecule has 0 unspecified atom stereocenters. The highest BCUT2D eigenvalue weighted by atomic mass is 32.2. The van der Waals surface area contributed by atoms with Crippen molar-refractivity contribution < 1.29 is 22.7 Å². The summed E-state index contributed by atoms with van der Waals surface area (Å²) in [5.74, 6) is -0.429. The molecule has 0 aliphatic rings. The molecular weight excluding hydrogens is 406 g/mol. The van der Waals surface area contributed by atoms with Crippen LogP contribution in [0.1, 0.15) is 17.0 Å². The number of rotatable bonds is 9. The van der Waals surface area contributed by atoms with E-state index in [0.29, 0.717) is 39.3 Å². The summed E-state index contributed by atoms with van der Waals surface area (Å²) in [4.78, 5) is 0.402. The number of methoxy groups -OCH3 is 1. The van der Waals surface area contributed by atoms with Gasteiger partial charge >= 0.3 is 0 Å². The van der Waals surface area contributed by atoms with Crippen LogP contribution in [0, 0.1) is 6.92 Å². The fraction of sp³-hybridized carbons (Fsp3) is 0.263. The second kappa shape index (κ2) is 9.79. The maximum absolute atomic E-state index is 12.6. The Morgan fingerprint density at radius 2 is 1.89 bits per heavy atom. The van der Waals surface area contributed by atoms with Gasteiger partial charge in [-0.15, -0.1) is 10.2 Å². The molecule has 0 atom stereocenters. The molecule has 0 amide bonds. The van der Waals surface area contributed by atoms with Gasteiger partial charge in [-0.25, -0.2) is 0 Å². The van der Waals surface area contributed by atoms with Crippen LogP contribution in [0.2, 0.25) is 0 Å². The monoisotopic (exact) mass is 424 g/mol. The van der Waals surface area contributed by atoms with Crippen molar-refractivity contribution in [3.8, 4) is 11.5 Å². The van der Waals surface area contributed by atoms with Crippen molar-refractivity contribution in [3.63, 3.8) is 0 Å². The first-order chi connectivity index (χ1) is 13.5. The van der Waals surface area contributed by atoms with E-state index in [1.807, 2.05) is 31.2 Å². The summed E-state index contributed by atoms with van der Waals surface area (Å²) in [7, 11) is 1.46. The lowest BCUT2D eigenvalue weighted by atomic mass is 10.2. The molecule has 0 saturated heterocycles. The average molecular weight is 424 g/mol. The summed E-state index contributed by atoms with van der Waals surface area (Å²) in [5.41, 5.74) is 2.05. The number of ether oxygens (including phenoxy) is 2. The SMILES string of the molecule is COc1cc(CSc2nnc(COc3ccc(C)cc3)o2)ccc1SC(F)F. The van der Waals surface area contributed by atoms with Crippen molar-refractivity contribution in [3.05, 3.63) is 59.5 Å². The Kier molecular flexibility index (Phi) is 7.16. The Balaban J connectivity index is 1.54. The van der Waals surface area contributed by atoms with Gasteiger partial charge in [-0.05, 0) is 36.8 Å². The van der Waals surface area contributed by atoms with E-state index < -0.39 is 5.76 Å². The first-order valence-corrected chi connectivity index (χ1v) is 10.2. The number of hydrogen-bond donors (Lipinski definition) is 0. The van der Waals surface area contributed by atoms with Crippen LogP contribution in [-0.2, 0) is 12.4 Å². The van der Waals surface area contributed by atoms with Crippen LogP contribution in [0.3, 0.4) is 0 Å². The van der Waals surface area contributed by atoms with Gasteiger partial charge in [0.05, 0.1) is 12.0 Å². The molecule has 148 valence electrons. The molecule has 0 bridgehead atoms. The molecule has 0 N–H and O–H groups in total. The van der Waals surface area contributed by atoms with Crippen molar-refractivity contribution in [2.45, 2.75) is 35.2 Å². The van der Waals surface area contributed by atoms with Crippen LogP contribution in [0.5, 0.6) is 11.5 Å². The molecule has 2 aromatic carbocycles. The number of benzene rings is 2. The molecule has 0 saturated carbocycles. The predicted molar refractivity (Wildman–Crippen MR) is 104 cm³/mol. The molecule has 28 heavy (non-hydrogen) atoms. The van der Waals surface area contributed by atoms with E-state index in [-0.39, 0.29) is 6.61 Å². The van der Waals surface area contributed by atoms with Crippen LogP contribution < -0.4 is 9.47 Å². The van der Waals surface area contributed by atoms with Crippen molar-refractivity contribution in [1.82, 2.24) is 10.2 Å². The summed E-state index contributed by atoms with van der Waals surface area (Å²) in [6.07, 6.45) is 0. The lowest BCUT2D eigenvalue weighted by Crippen LogP contribution is -1.95. The minimum Gasteiger partial charge on any atom is -0.496 e. The lowest BCUT2D eigenvalue weighted by Gasteiger charge is -2.09. The summed E-state index contributed by atoms with van der Waals surface area (Å²) >= 11 is 1.81. The standard InChI is InChI=1S/C19H18F2N2O3S2/c1-12-3-6-14(7-4-12)25-10-17-22-23-19(26-17)27-11-13-5-8-16(28-18(20)21)15(9-13)24-2/h3-9,18H,10-11H2,1-2H3. The van der Waals surface area contributed by atoms with Crippen molar-refractivity contribution in [2.24, 2.45) is 0 Å². The van der Waals surface area contributed by atoms with E-state index in [1.54, 1.807) is 18.2 Å². The number of alkyl halides is 2. The minimum atomic E-state index is -2.49. The van der Waals surface area contributed by atoms with Gasteiger partial charge in [0.15, 0.2) is 6.61 Å². The second-order valence-electron chi connectivity index (χ2n) is 5.72. The molecular formula is C19H18F2N2O3S2. The van der Waals surface area contributed by atoms with Gasteiger partial charge in [0.2, 0.25) is 0 Å². The third-order valence-electron chi connectivity index (χ3n) is 3.64. The lowest BCUT2D eigenvalue weighted by molar-refractivity contribution is 0.251. The van der Waals surface area contributed by atoms with Gasteiger partial charge < -0.3 is 13.9 Å². The Labute approximate surface area is 169 Å². The van der Waals surface area contributed by atoms with Gasteiger partial charge in [-0.1, -0.05) is 47.3 Å². The fourth-order valence-electron chi connectivity index (χ4n) is 2.27. The number of nitrogens with zero attached hydrogens (tertiary/aromatic N) is 2. The Bertz CT molecular complexity index is 904. The van der Waals surface area contributed by atoms with Gasteiger partial charge in [0.25, 0.3) is 16.9 Å². The highest BCUT2D eigenvalue weighted by Gasteiger charge is 2.13. The third-order valence-corrected chi connectivity index (χ3v) is 5.30. The van der Waals surface area contributed by atoms with Crippen molar-refractivity contribution in [1.29, 1.82) is 0 Å². The smallest absolute Gasteiger partial charge is 0.289 e. The number of hydrogen-bond acceptors (Lipinski definition) is 7. The van der Waals surface area contributed by atoms with Gasteiger partial charge in [0.1, 0.15) is 11.5 Å². The average Bonchev–Trinajstić information content (AvgIpc) is 3.14. The molecule has 5 nitrogen and oxygen atoms in total. The van der Waals surface area contributed by atoms with Gasteiger partial charge in [-0.2, -0.15) is 8.78 Å². The van der Waals surface area contributed by atoms with Crippen LogP contribution in [0.25, 0.3) is 0 Å². The van der Waals surface area contributed by atoms with E-state index >= 15 is 0 Å². The summed E-state index contributed by atoms with van der Waals surface area (Å²) in [6, 6.07) is 12.8. The molecule has 9 heteroatoms. The van der Waals surface area contributed by atoms with E-state index in [2.05, 4.69) is 10.2 Å². The Morgan fingerprint density at radius 3 is 2.61 bits per heavy atom. The topological polar surface area (TPSA) is 57.4 Å². The zero-order chi connectivity index (χ0) is 19.9. The first-order valence-electron chi connectivity index (χ1n) is 8.30. The summed E-state index contributed by atoms with van der Waals surface area (Å²) in [5, 5.41) is 8.37. The molecule has 0 fully saturated rings. The summed E-state index contributed by atoms with van der Waals surface area (Å²) in [6.45, 7) is 2.19. The zero-order valence-corrected chi connectivity index (χ0v) is 16.9. The quantitative estimate of drug-likeness (QED) is 0.416. The predicted octanol–water partition coefficient (Wildman–Crippen LogP) is 5.57. The number of halogens is 2. The summed E-state index contributed by atoms with van der Waals surface area (Å²) < 4.78 is 41.5. The van der Waals surface area contributed by atoms with Crippen LogP contribution in [0.4, 0.5) is 8.78 Å². The molecule has 3 rings (SSSR count). The largest absolute Gasteiger partial charge is 0.496 e. The van der Waals surface area contributed by atoms with Gasteiger partial charge in [0, 0.05) is 5.75 Å². The maximum atomic E-state index is 12.6. The minimum absolute atomic E-state index is 0.185. The van der Waals surface area contributed by atoms with Crippen LogP contribution in [-0.4, -0.2) is 23.1 Å². The maximum Gasteiger partial charge on any atom is 0.289 e. The highest BCUT2D eigenvalue weighted by molar-refractivity contribution is 7.99. The number of aryl methyl sites for hydroxylation is 1. The number of thioether (sulfide) groups is 2. The van der Waals surface area contributed by atoms with E-state index in [1.165, 1.54) is 18.9 Å². The van der Waals surface area contributed by atoms with E-state index in [0.717, 1.165) is 16.9 Å². The highest BCUT2D eigenvalue weighted by Crippen LogP contribution is 2.35. The Hall–Kier alpha value is -2.26. The Morgan fingerprint density at radius 1 is 1.11 bits per heavy atom. The van der Waals surface area contributed by atoms with Crippen molar-refractivity contribution >= 4 is 23.5 Å². The van der Waals surface area contributed by atoms with Crippen LogP contribution in [0.15, 0.2) is 57.0 Å². The van der Waals surface area contributed by atoms with Crippen molar-refractivity contribution in [2.75, 3.05) is 7.11 Å². The molecule has 1 heterocycles. The fourth-order valence-corrected chi connectivity index (χ4v) is 3.59.